The Kier molecular flexibility index (Phi) is 9.42. The van der Waals surface area contributed by atoms with Gasteiger partial charge in [0.25, 0.3) is 0 Å². The topological polar surface area (TPSA) is 85.0 Å². The lowest BCUT2D eigenvalue weighted by atomic mass is 9.96. The van der Waals surface area contributed by atoms with Gasteiger partial charge in [-0.2, -0.15) is 4.99 Å². The van der Waals surface area contributed by atoms with Crippen molar-refractivity contribution in [1.82, 2.24) is 14.8 Å². The molecular weight excluding hydrogens is 601 g/mol. The third-order valence-electron chi connectivity index (χ3n) is 7.48. The summed E-state index contributed by atoms with van der Waals surface area (Å²) in [6.45, 7) is 10.9. The van der Waals surface area contributed by atoms with Crippen molar-refractivity contribution in [3.8, 4) is 22.8 Å². The number of benzene rings is 3. The fraction of sp³-hybridized carbons (Fsp3) is 0.303. The summed E-state index contributed by atoms with van der Waals surface area (Å²) in [5.74, 6) is 0.901. The summed E-state index contributed by atoms with van der Waals surface area (Å²) in [7, 11) is 0. The summed E-state index contributed by atoms with van der Waals surface area (Å²) in [5.41, 5.74) is 7.51. The lowest BCUT2D eigenvalue weighted by Crippen LogP contribution is -2.35. The van der Waals surface area contributed by atoms with E-state index in [2.05, 4.69) is 62.6 Å². The molecule has 45 heavy (non-hydrogen) atoms. The number of aromatic nitrogens is 3. The first kappa shape index (κ1) is 32.0. The van der Waals surface area contributed by atoms with Crippen molar-refractivity contribution in [1.29, 1.82) is 0 Å². The van der Waals surface area contributed by atoms with E-state index in [1.165, 1.54) is 40.8 Å². The molecule has 4 aromatic rings. The van der Waals surface area contributed by atoms with Gasteiger partial charge in [-0.3, -0.25) is 0 Å². The van der Waals surface area contributed by atoms with Crippen LogP contribution in [0.1, 0.15) is 48.4 Å². The van der Waals surface area contributed by atoms with Crippen molar-refractivity contribution < 1.29 is 22.7 Å². The number of aryl methyl sites for hydroxylation is 3. The number of aliphatic imine (C=N–C) groups is 2. The smallest absolute Gasteiger partial charge is 0.406 e. The molecule has 1 aromatic heterocycles. The van der Waals surface area contributed by atoms with E-state index in [0.29, 0.717) is 22.4 Å². The summed E-state index contributed by atoms with van der Waals surface area (Å²) < 4.78 is 42.7. The number of nitrogens with zero attached hydrogens (tertiary/aromatic N) is 6. The van der Waals surface area contributed by atoms with Gasteiger partial charge in [0.05, 0.1) is 5.69 Å². The SMILES string of the molecule is CC(=NC(=O)N=C1SCCCN1c1c(C)cc(C)cc1C)C(C)c1ccc(-c2ncn(-c3ccc(OC(F)(F)F)cc3)n2)cc1. The van der Waals surface area contributed by atoms with Crippen LogP contribution in [0.2, 0.25) is 0 Å². The van der Waals surface area contributed by atoms with E-state index in [1.54, 1.807) is 11.8 Å². The summed E-state index contributed by atoms with van der Waals surface area (Å²) >= 11 is 1.58. The Labute approximate surface area is 264 Å². The van der Waals surface area contributed by atoms with E-state index >= 15 is 0 Å². The summed E-state index contributed by atoms with van der Waals surface area (Å²) in [5, 5.41) is 5.13. The molecule has 1 fully saturated rings. The fourth-order valence-corrected chi connectivity index (χ4v) is 6.23. The maximum atomic E-state index is 13.0. The van der Waals surface area contributed by atoms with Crippen LogP contribution in [0.25, 0.3) is 17.1 Å². The average Bonchev–Trinajstić information content (AvgIpc) is 3.47. The molecule has 0 saturated carbocycles. The molecule has 2 heterocycles. The van der Waals surface area contributed by atoms with Crippen LogP contribution in [0.15, 0.2) is 77.0 Å². The number of carbonyl (C=O) groups is 1. The second-order valence-electron chi connectivity index (χ2n) is 10.9. The van der Waals surface area contributed by atoms with E-state index in [-0.39, 0.29) is 11.7 Å². The zero-order valence-electron chi connectivity index (χ0n) is 25.6. The second kappa shape index (κ2) is 13.3. The Hall–Kier alpha value is -4.45. The Morgan fingerprint density at radius 2 is 1.69 bits per heavy atom. The molecule has 8 nitrogen and oxygen atoms in total. The maximum Gasteiger partial charge on any atom is 0.573 e. The minimum Gasteiger partial charge on any atom is -0.406 e. The van der Waals surface area contributed by atoms with Gasteiger partial charge in [0.15, 0.2) is 11.0 Å². The predicted octanol–water partition coefficient (Wildman–Crippen LogP) is 8.44. The molecule has 0 N–H and O–H groups in total. The number of halogens is 3. The normalized spacial score (nSPS) is 15.8. The van der Waals surface area contributed by atoms with Gasteiger partial charge in [-0.1, -0.05) is 60.6 Å². The number of alkyl halides is 3. The molecule has 12 heteroatoms. The van der Waals surface area contributed by atoms with Crippen LogP contribution in [-0.2, 0) is 0 Å². The highest BCUT2D eigenvalue weighted by Crippen LogP contribution is 2.32. The van der Waals surface area contributed by atoms with Gasteiger partial charge < -0.3 is 9.64 Å². The van der Waals surface area contributed by atoms with Crippen molar-refractivity contribution in [3.05, 3.63) is 89.2 Å². The molecule has 0 spiro atoms. The Balaban J connectivity index is 1.27. The third-order valence-corrected chi connectivity index (χ3v) is 8.54. The monoisotopic (exact) mass is 634 g/mol. The van der Waals surface area contributed by atoms with E-state index < -0.39 is 12.4 Å². The molecule has 3 aromatic carbocycles. The minimum atomic E-state index is -4.75. The van der Waals surface area contributed by atoms with Crippen LogP contribution in [0, 0.1) is 20.8 Å². The molecule has 0 radical (unpaired) electrons. The Bertz CT molecular complexity index is 1720. The van der Waals surface area contributed by atoms with Gasteiger partial charge in [0.1, 0.15) is 12.1 Å². The first-order chi connectivity index (χ1) is 21.4. The number of hydrogen-bond acceptors (Lipinski definition) is 5. The fourth-order valence-electron chi connectivity index (χ4n) is 5.29. The lowest BCUT2D eigenvalue weighted by molar-refractivity contribution is -0.274. The van der Waals surface area contributed by atoms with Crippen LogP contribution in [0.5, 0.6) is 5.75 Å². The number of ether oxygens (including phenoxy) is 1. The summed E-state index contributed by atoms with van der Waals surface area (Å²) in [6.07, 6.45) is -2.26. The van der Waals surface area contributed by atoms with E-state index in [9.17, 15) is 18.0 Å². The lowest BCUT2D eigenvalue weighted by Gasteiger charge is -2.32. The number of thioether (sulfide) groups is 1. The molecule has 234 valence electrons. The molecule has 1 unspecified atom stereocenters. The quantitative estimate of drug-likeness (QED) is 0.198. The zero-order valence-corrected chi connectivity index (χ0v) is 26.4. The summed E-state index contributed by atoms with van der Waals surface area (Å²) in [4.78, 5) is 28.2. The van der Waals surface area contributed by atoms with Crippen LogP contribution in [0.3, 0.4) is 0 Å². The van der Waals surface area contributed by atoms with Gasteiger partial charge in [-0.15, -0.1) is 18.3 Å². The molecule has 5 rings (SSSR count). The first-order valence-electron chi connectivity index (χ1n) is 14.4. The van der Waals surface area contributed by atoms with Gasteiger partial charge in [0.2, 0.25) is 0 Å². The van der Waals surface area contributed by atoms with E-state index in [4.69, 9.17) is 0 Å². The van der Waals surface area contributed by atoms with Crippen LogP contribution >= 0.6 is 11.8 Å². The highest BCUT2D eigenvalue weighted by atomic mass is 32.2. The molecule has 1 aliphatic rings. The summed E-state index contributed by atoms with van der Waals surface area (Å²) in [6, 6.07) is 16.8. The number of hydrogen-bond donors (Lipinski definition) is 0. The molecule has 2 amide bonds. The molecule has 1 saturated heterocycles. The highest BCUT2D eigenvalue weighted by molar-refractivity contribution is 8.14. The van der Waals surface area contributed by atoms with Crippen LogP contribution in [0.4, 0.5) is 23.7 Å². The van der Waals surface area contributed by atoms with Crippen molar-refractivity contribution >= 4 is 34.4 Å². The second-order valence-corrected chi connectivity index (χ2v) is 12.0. The number of amidine groups is 1. The number of rotatable bonds is 6. The molecule has 1 atom stereocenters. The Morgan fingerprint density at radius 3 is 2.33 bits per heavy atom. The molecule has 0 aliphatic carbocycles. The standard InChI is InChI=1S/C33H33F3N6O2S/c1-20-17-21(2)29(22(3)18-20)41-15-6-16-45-32(41)39-31(43)38-24(5)23(4)25-7-9-26(10-8-25)30-37-19-42(40-30)27-11-13-28(14-12-27)44-33(34,35)36/h7-14,17-19,23H,6,15-16H2,1-5H3. The maximum absolute atomic E-state index is 13.0. The van der Waals surface area contributed by atoms with Crippen molar-refractivity contribution in [2.45, 2.75) is 53.3 Å². The highest BCUT2D eigenvalue weighted by Gasteiger charge is 2.31. The minimum absolute atomic E-state index is 0.136. The molecule has 0 bridgehead atoms. The Morgan fingerprint density at radius 1 is 1.02 bits per heavy atom. The number of carbonyl (C=O) groups excluding carboxylic acids is 1. The molecular formula is C33H33F3N6O2S. The van der Waals surface area contributed by atoms with Gasteiger partial charge in [-0.05, 0) is 75.1 Å². The van der Waals surface area contributed by atoms with E-state index in [0.717, 1.165) is 46.7 Å². The van der Waals surface area contributed by atoms with Gasteiger partial charge >= 0.3 is 12.4 Å². The third kappa shape index (κ3) is 7.80. The number of urea groups is 1. The number of anilines is 1. The zero-order chi connectivity index (χ0) is 32.3. The van der Waals surface area contributed by atoms with Crippen LogP contribution in [-0.4, -0.2) is 50.3 Å². The van der Waals surface area contributed by atoms with Gasteiger partial charge in [-0.25, -0.2) is 19.5 Å². The molecule has 1 aliphatic heterocycles. The van der Waals surface area contributed by atoms with E-state index in [1.807, 2.05) is 38.1 Å². The van der Waals surface area contributed by atoms with Crippen molar-refractivity contribution in [3.63, 3.8) is 0 Å². The van der Waals surface area contributed by atoms with Crippen molar-refractivity contribution in [2.24, 2.45) is 9.98 Å². The van der Waals surface area contributed by atoms with Gasteiger partial charge in [0, 0.05) is 35.2 Å². The van der Waals surface area contributed by atoms with Crippen LogP contribution < -0.4 is 9.64 Å². The van der Waals surface area contributed by atoms with Crippen molar-refractivity contribution in [2.75, 3.05) is 17.2 Å². The first-order valence-corrected chi connectivity index (χ1v) is 15.4. The largest absolute Gasteiger partial charge is 0.573 e. The average molecular weight is 635 g/mol. The number of amides is 2. The predicted molar refractivity (Wildman–Crippen MR) is 173 cm³/mol.